The van der Waals surface area contributed by atoms with E-state index in [9.17, 15) is 0 Å². The lowest BCUT2D eigenvalue weighted by atomic mass is 9.88. The lowest BCUT2D eigenvalue weighted by Crippen LogP contribution is -2.32. The van der Waals surface area contributed by atoms with E-state index >= 15 is 0 Å². The highest BCUT2D eigenvalue weighted by Gasteiger charge is 2.19. The maximum atomic E-state index is 6.41. The zero-order valence-electron chi connectivity index (χ0n) is 14.5. The Morgan fingerprint density at radius 1 is 0.875 bits per heavy atom. The summed E-state index contributed by atoms with van der Waals surface area (Å²) >= 11 is 0. The first-order chi connectivity index (χ1) is 11.6. The summed E-state index contributed by atoms with van der Waals surface area (Å²) < 4.78 is 0. The highest BCUT2D eigenvalue weighted by Crippen LogP contribution is 2.24. The lowest BCUT2D eigenvalue weighted by molar-refractivity contribution is 0.447. The third kappa shape index (κ3) is 3.58. The maximum Gasteiger partial charge on any atom is 0.0380 e. The zero-order valence-corrected chi connectivity index (χ0v) is 14.5. The third-order valence-electron chi connectivity index (χ3n) is 4.62. The molecule has 1 nitrogen and oxygen atoms in total. The van der Waals surface area contributed by atoms with Gasteiger partial charge in [-0.2, -0.15) is 0 Å². The van der Waals surface area contributed by atoms with E-state index < -0.39 is 0 Å². The molecular formula is C23H25N. The van der Waals surface area contributed by atoms with Crippen LogP contribution in [0.15, 0.2) is 66.7 Å². The van der Waals surface area contributed by atoms with Crippen molar-refractivity contribution in [2.75, 3.05) is 0 Å². The summed E-state index contributed by atoms with van der Waals surface area (Å²) in [4.78, 5) is 0. The molecule has 3 aromatic carbocycles. The minimum atomic E-state index is -0.243. The summed E-state index contributed by atoms with van der Waals surface area (Å²) in [5.74, 6) is 0. The highest BCUT2D eigenvalue weighted by atomic mass is 14.7. The van der Waals surface area contributed by atoms with Crippen molar-refractivity contribution in [3.05, 3.63) is 83.4 Å². The predicted molar refractivity (Wildman–Crippen MR) is 106 cm³/mol. The van der Waals surface area contributed by atoms with E-state index in [1.54, 1.807) is 0 Å². The molecule has 1 unspecified atom stereocenters. The van der Waals surface area contributed by atoms with Crippen molar-refractivity contribution < 1.29 is 0 Å². The molecule has 0 aromatic heterocycles. The summed E-state index contributed by atoms with van der Waals surface area (Å²) in [6, 6.07) is 23.5. The molecule has 0 amide bonds. The van der Waals surface area contributed by atoms with Gasteiger partial charge >= 0.3 is 0 Å². The van der Waals surface area contributed by atoms with Crippen LogP contribution in [0, 0.1) is 0 Å². The molecule has 0 heterocycles. The van der Waals surface area contributed by atoms with E-state index in [-0.39, 0.29) is 5.54 Å². The van der Waals surface area contributed by atoms with Crippen LogP contribution in [0.1, 0.15) is 43.4 Å². The molecule has 1 heteroatoms. The van der Waals surface area contributed by atoms with E-state index in [0.717, 1.165) is 12.8 Å². The molecule has 1 atom stereocenters. The SMILES string of the molecule is CCCC(C)(N)c1ccc(/C=C/c2cccc3ccccc23)cc1. The average molecular weight is 315 g/mol. The van der Waals surface area contributed by atoms with Crippen molar-refractivity contribution >= 4 is 22.9 Å². The predicted octanol–water partition coefficient (Wildman–Crippen LogP) is 5.98. The summed E-state index contributed by atoms with van der Waals surface area (Å²) in [6.45, 7) is 4.28. The van der Waals surface area contributed by atoms with Crippen molar-refractivity contribution in [3.63, 3.8) is 0 Å². The highest BCUT2D eigenvalue weighted by molar-refractivity contribution is 5.92. The topological polar surface area (TPSA) is 26.0 Å². The number of hydrogen-bond donors (Lipinski definition) is 1. The van der Waals surface area contributed by atoms with E-state index in [1.807, 2.05) is 0 Å². The minimum absolute atomic E-state index is 0.243. The molecule has 122 valence electrons. The Morgan fingerprint density at radius 2 is 1.58 bits per heavy atom. The monoisotopic (exact) mass is 315 g/mol. The number of hydrogen-bond acceptors (Lipinski definition) is 1. The zero-order chi connectivity index (χ0) is 17.0. The van der Waals surface area contributed by atoms with Gasteiger partial charge in [0.2, 0.25) is 0 Å². The summed E-state index contributed by atoms with van der Waals surface area (Å²) in [7, 11) is 0. The molecule has 24 heavy (non-hydrogen) atoms. The van der Waals surface area contributed by atoms with Gasteiger partial charge in [-0.1, -0.05) is 92.2 Å². The maximum absolute atomic E-state index is 6.41. The van der Waals surface area contributed by atoms with Gasteiger partial charge in [-0.05, 0) is 40.8 Å². The van der Waals surface area contributed by atoms with Crippen molar-refractivity contribution in [1.82, 2.24) is 0 Å². The summed E-state index contributed by atoms with van der Waals surface area (Å²) in [6.07, 6.45) is 6.44. The Hall–Kier alpha value is -2.38. The van der Waals surface area contributed by atoms with Crippen LogP contribution < -0.4 is 5.73 Å². The van der Waals surface area contributed by atoms with Crippen LogP contribution in [0.25, 0.3) is 22.9 Å². The fourth-order valence-electron chi connectivity index (χ4n) is 3.22. The van der Waals surface area contributed by atoms with Crippen molar-refractivity contribution in [1.29, 1.82) is 0 Å². The van der Waals surface area contributed by atoms with Crippen molar-refractivity contribution in [2.45, 2.75) is 32.2 Å². The third-order valence-corrected chi connectivity index (χ3v) is 4.62. The second-order valence-electron chi connectivity index (χ2n) is 6.69. The molecule has 0 spiro atoms. The second-order valence-corrected chi connectivity index (χ2v) is 6.69. The Labute approximate surface area is 144 Å². The Morgan fingerprint density at radius 3 is 2.33 bits per heavy atom. The first-order valence-corrected chi connectivity index (χ1v) is 8.65. The van der Waals surface area contributed by atoms with Gasteiger partial charge in [-0.3, -0.25) is 0 Å². The molecule has 0 radical (unpaired) electrons. The molecule has 0 aliphatic rings. The van der Waals surface area contributed by atoms with E-state index in [1.165, 1.54) is 27.5 Å². The van der Waals surface area contributed by atoms with Gasteiger partial charge in [-0.15, -0.1) is 0 Å². The quantitative estimate of drug-likeness (QED) is 0.575. The molecule has 0 aliphatic carbocycles. The molecule has 2 N–H and O–H groups in total. The molecule has 3 rings (SSSR count). The normalized spacial score (nSPS) is 14.1. The average Bonchev–Trinajstić information content (AvgIpc) is 2.60. The standard InChI is InChI=1S/C23H25N/c1-3-17-23(2,24)21-15-12-18(13-16-21)11-14-20-9-6-8-19-7-4-5-10-22(19)20/h4-16H,3,17,24H2,1-2H3/b14-11+. The Bertz CT molecular complexity index is 836. The fourth-order valence-corrected chi connectivity index (χ4v) is 3.22. The van der Waals surface area contributed by atoms with Gasteiger partial charge < -0.3 is 5.73 Å². The van der Waals surface area contributed by atoms with Gasteiger partial charge in [0.05, 0.1) is 0 Å². The van der Waals surface area contributed by atoms with Gasteiger partial charge in [0.1, 0.15) is 0 Å². The fraction of sp³-hybridized carbons (Fsp3) is 0.217. The largest absolute Gasteiger partial charge is 0.322 e. The van der Waals surface area contributed by atoms with Crippen molar-refractivity contribution in [3.8, 4) is 0 Å². The molecule has 0 aliphatic heterocycles. The van der Waals surface area contributed by atoms with E-state index in [2.05, 4.69) is 92.7 Å². The number of nitrogens with two attached hydrogens (primary N) is 1. The Balaban J connectivity index is 1.84. The second kappa shape index (κ2) is 7.02. The minimum Gasteiger partial charge on any atom is -0.322 e. The van der Waals surface area contributed by atoms with Crippen molar-refractivity contribution in [2.24, 2.45) is 5.73 Å². The van der Waals surface area contributed by atoms with Gasteiger partial charge in [-0.25, -0.2) is 0 Å². The van der Waals surface area contributed by atoms with Crippen LogP contribution in [0.3, 0.4) is 0 Å². The van der Waals surface area contributed by atoms with E-state index in [4.69, 9.17) is 5.73 Å². The van der Waals surface area contributed by atoms with Crippen LogP contribution in [0.2, 0.25) is 0 Å². The molecular weight excluding hydrogens is 290 g/mol. The first kappa shape index (κ1) is 16.5. The number of rotatable bonds is 5. The molecule has 0 fully saturated rings. The summed E-state index contributed by atoms with van der Waals surface area (Å²) in [5.41, 5.74) is 9.80. The van der Waals surface area contributed by atoms with Crippen LogP contribution in [0.4, 0.5) is 0 Å². The van der Waals surface area contributed by atoms with Crippen LogP contribution in [0.5, 0.6) is 0 Å². The summed E-state index contributed by atoms with van der Waals surface area (Å²) in [5, 5.41) is 2.55. The number of fused-ring (bicyclic) bond motifs is 1. The number of benzene rings is 3. The van der Waals surface area contributed by atoms with E-state index in [0.29, 0.717) is 0 Å². The molecule has 0 saturated carbocycles. The molecule has 3 aromatic rings. The van der Waals surface area contributed by atoms with Crippen LogP contribution >= 0.6 is 0 Å². The molecule has 0 saturated heterocycles. The van der Waals surface area contributed by atoms with Crippen LogP contribution in [-0.2, 0) is 5.54 Å². The first-order valence-electron chi connectivity index (χ1n) is 8.65. The van der Waals surface area contributed by atoms with Gasteiger partial charge in [0.25, 0.3) is 0 Å². The Kier molecular flexibility index (Phi) is 4.82. The van der Waals surface area contributed by atoms with Gasteiger partial charge in [0, 0.05) is 5.54 Å². The lowest BCUT2D eigenvalue weighted by Gasteiger charge is -2.24. The molecule has 0 bridgehead atoms. The van der Waals surface area contributed by atoms with Crippen LogP contribution in [-0.4, -0.2) is 0 Å². The van der Waals surface area contributed by atoms with Gasteiger partial charge in [0.15, 0.2) is 0 Å². The smallest absolute Gasteiger partial charge is 0.0380 e.